The molecule has 1 aliphatic heterocycles. The van der Waals surface area contributed by atoms with E-state index in [1.54, 1.807) is 6.07 Å². The molecule has 140 valence electrons. The lowest BCUT2D eigenvalue weighted by Crippen LogP contribution is -2.39. The SMILES string of the molecule is CN1CC[C@H](NC[C@@H](O)CCc2ccccc2)[C@@H]1c1ccc(F)c(F)c1. The van der Waals surface area contributed by atoms with Crippen molar-refractivity contribution in [2.75, 3.05) is 20.1 Å². The third-order valence-electron chi connectivity index (χ3n) is 5.16. The van der Waals surface area contributed by atoms with E-state index < -0.39 is 17.7 Å². The van der Waals surface area contributed by atoms with Crippen molar-refractivity contribution in [3.8, 4) is 0 Å². The number of benzene rings is 2. The summed E-state index contributed by atoms with van der Waals surface area (Å²) >= 11 is 0. The van der Waals surface area contributed by atoms with E-state index in [9.17, 15) is 13.9 Å². The van der Waals surface area contributed by atoms with Gasteiger partial charge < -0.3 is 10.4 Å². The van der Waals surface area contributed by atoms with E-state index in [1.165, 1.54) is 17.7 Å². The molecule has 1 fully saturated rings. The molecule has 26 heavy (non-hydrogen) atoms. The highest BCUT2D eigenvalue weighted by atomic mass is 19.2. The molecule has 0 spiro atoms. The van der Waals surface area contributed by atoms with Crippen LogP contribution in [0.3, 0.4) is 0 Å². The first kappa shape index (κ1) is 19.0. The summed E-state index contributed by atoms with van der Waals surface area (Å²) in [4.78, 5) is 2.14. The number of aliphatic hydroxyl groups excluding tert-OH is 1. The smallest absolute Gasteiger partial charge is 0.159 e. The molecule has 0 aromatic heterocycles. The molecule has 2 N–H and O–H groups in total. The van der Waals surface area contributed by atoms with Crippen LogP contribution < -0.4 is 5.32 Å². The second kappa shape index (κ2) is 8.71. The Kier molecular flexibility index (Phi) is 6.35. The van der Waals surface area contributed by atoms with Gasteiger partial charge >= 0.3 is 0 Å². The van der Waals surface area contributed by atoms with Crippen molar-refractivity contribution in [2.45, 2.75) is 37.5 Å². The molecule has 0 bridgehead atoms. The minimum absolute atomic E-state index is 0.0218. The molecule has 0 unspecified atom stereocenters. The molecular weight excluding hydrogens is 334 g/mol. The summed E-state index contributed by atoms with van der Waals surface area (Å²) in [6, 6.07) is 14.3. The van der Waals surface area contributed by atoms with Crippen LogP contribution in [0.15, 0.2) is 48.5 Å². The van der Waals surface area contributed by atoms with Crippen LogP contribution >= 0.6 is 0 Å². The number of aliphatic hydroxyl groups is 1. The number of hydrogen-bond donors (Lipinski definition) is 2. The van der Waals surface area contributed by atoms with Crippen LogP contribution in [-0.2, 0) is 6.42 Å². The predicted octanol–water partition coefficient (Wildman–Crippen LogP) is 3.29. The Morgan fingerprint density at radius 3 is 2.65 bits per heavy atom. The van der Waals surface area contributed by atoms with Crippen molar-refractivity contribution in [1.82, 2.24) is 10.2 Å². The summed E-state index contributed by atoms with van der Waals surface area (Å²) < 4.78 is 26.8. The van der Waals surface area contributed by atoms with Gasteiger partial charge in [0.2, 0.25) is 0 Å². The van der Waals surface area contributed by atoms with Gasteiger partial charge in [0.1, 0.15) is 0 Å². The molecule has 1 saturated heterocycles. The molecule has 0 aliphatic carbocycles. The molecule has 0 amide bonds. The number of likely N-dealkylation sites (N-methyl/N-ethyl adjacent to an activating group) is 1. The monoisotopic (exact) mass is 360 g/mol. The zero-order chi connectivity index (χ0) is 18.5. The second-order valence-corrected chi connectivity index (χ2v) is 7.08. The Hall–Kier alpha value is -1.82. The molecule has 2 aromatic rings. The first-order chi connectivity index (χ1) is 12.5. The summed E-state index contributed by atoms with van der Waals surface area (Å²) in [6.07, 6.45) is 1.99. The van der Waals surface area contributed by atoms with E-state index in [1.807, 2.05) is 25.2 Å². The summed E-state index contributed by atoms with van der Waals surface area (Å²) in [5.74, 6) is -1.64. The van der Waals surface area contributed by atoms with Gasteiger partial charge in [-0.3, -0.25) is 4.90 Å². The normalized spacial score (nSPS) is 21.8. The van der Waals surface area contributed by atoms with Crippen LogP contribution in [0, 0.1) is 11.6 Å². The highest BCUT2D eigenvalue weighted by Crippen LogP contribution is 2.31. The van der Waals surface area contributed by atoms with Crippen molar-refractivity contribution < 1.29 is 13.9 Å². The molecular formula is C21H26F2N2O. The fourth-order valence-electron chi connectivity index (χ4n) is 3.71. The summed E-state index contributed by atoms with van der Waals surface area (Å²) in [6.45, 7) is 1.37. The molecule has 1 heterocycles. The van der Waals surface area contributed by atoms with E-state index in [0.29, 0.717) is 13.0 Å². The van der Waals surface area contributed by atoms with Gasteiger partial charge in [-0.05, 0) is 49.6 Å². The lowest BCUT2D eigenvalue weighted by molar-refractivity contribution is 0.153. The van der Waals surface area contributed by atoms with Crippen molar-refractivity contribution in [3.63, 3.8) is 0 Å². The minimum Gasteiger partial charge on any atom is -0.392 e. The topological polar surface area (TPSA) is 35.5 Å². The van der Waals surface area contributed by atoms with Crippen LogP contribution in [0.4, 0.5) is 8.78 Å². The van der Waals surface area contributed by atoms with Gasteiger partial charge in [0.15, 0.2) is 11.6 Å². The second-order valence-electron chi connectivity index (χ2n) is 7.08. The van der Waals surface area contributed by atoms with E-state index in [2.05, 4.69) is 22.3 Å². The number of likely N-dealkylation sites (tertiary alicyclic amines) is 1. The maximum atomic E-state index is 13.6. The lowest BCUT2D eigenvalue weighted by atomic mass is 9.99. The zero-order valence-electron chi connectivity index (χ0n) is 15.0. The maximum Gasteiger partial charge on any atom is 0.159 e. The van der Waals surface area contributed by atoms with Crippen LogP contribution in [0.2, 0.25) is 0 Å². The van der Waals surface area contributed by atoms with Crippen LogP contribution in [0.5, 0.6) is 0 Å². The van der Waals surface area contributed by atoms with Gasteiger partial charge in [0, 0.05) is 25.2 Å². The Morgan fingerprint density at radius 1 is 1.15 bits per heavy atom. The third kappa shape index (κ3) is 4.67. The van der Waals surface area contributed by atoms with Gasteiger partial charge in [-0.15, -0.1) is 0 Å². The molecule has 3 rings (SSSR count). The van der Waals surface area contributed by atoms with Gasteiger partial charge in [0.25, 0.3) is 0 Å². The first-order valence-electron chi connectivity index (χ1n) is 9.15. The Labute approximate surface area is 153 Å². The highest BCUT2D eigenvalue weighted by Gasteiger charge is 2.33. The molecule has 0 saturated carbocycles. The summed E-state index contributed by atoms with van der Waals surface area (Å²) in [7, 11) is 1.99. The van der Waals surface area contributed by atoms with E-state index in [-0.39, 0.29) is 12.1 Å². The molecule has 3 atom stereocenters. The van der Waals surface area contributed by atoms with Crippen LogP contribution in [0.25, 0.3) is 0 Å². The largest absolute Gasteiger partial charge is 0.392 e. The van der Waals surface area contributed by atoms with Crippen molar-refractivity contribution in [2.24, 2.45) is 0 Å². The number of rotatable bonds is 7. The Balaban J connectivity index is 1.55. The molecule has 5 heteroatoms. The summed E-state index contributed by atoms with van der Waals surface area (Å²) in [5.41, 5.74) is 1.98. The molecule has 1 aliphatic rings. The lowest BCUT2D eigenvalue weighted by Gasteiger charge is -2.27. The number of aryl methyl sites for hydroxylation is 1. The van der Waals surface area contributed by atoms with E-state index in [4.69, 9.17) is 0 Å². The average Bonchev–Trinajstić information content (AvgIpc) is 3.02. The fourth-order valence-corrected chi connectivity index (χ4v) is 3.71. The number of halogens is 2. The number of nitrogens with zero attached hydrogens (tertiary/aromatic N) is 1. The van der Waals surface area contributed by atoms with Crippen molar-refractivity contribution in [1.29, 1.82) is 0 Å². The van der Waals surface area contributed by atoms with Gasteiger partial charge in [-0.1, -0.05) is 36.4 Å². The summed E-state index contributed by atoms with van der Waals surface area (Å²) in [5, 5.41) is 13.7. The van der Waals surface area contributed by atoms with Gasteiger partial charge in [0.05, 0.1) is 6.10 Å². The van der Waals surface area contributed by atoms with Crippen LogP contribution in [-0.4, -0.2) is 42.3 Å². The predicted molar refractivity (Wildman–Crippen MR) is 98.9 cm³/mol. The molecule has 2 aromatic carbocycles. The number of hydrogen-bond acceptors (Lipinski definition) is 3. The third-order valence-corrected chi connectivity index (χ3v) is 5.16. The number of nitrogens with one attached hydrogen (secondary N) is 1. The highest BCUT2D eigenvalue weighted by molar-refractivity contribution is 5.24. The first-order valence-corrected chi connectivity index (χ1v) is 9.15. The zero-order valence-corrected chi connectivity index (χ0v) is 15.0. The van der Waals surface area contributed by atoms with E-state index in [0.717, 1.165) is 24.9 Å². The molecule has 3 nitrogen and oxygen atoms in total. The Bertz CT molecular complexity index is 710. The molecule has 0 radical (unpaired) electrons. The van der Waals surface area contributed by atoms with Gasteiger partial charge in [-0.2, -0.15) is 0 Å². The average molecular weight is 360 g/mol. The van der Waals surface area contributed by atoms with Crippen molar-refractivity contribution in [3.05, 3.63) is 71.3 Å². The minimum atomic E-state index is -0.824. The van der Waals surface area contributed by atoms with E-state index >= 15 is 0 Å². The quantitative estimate of drug-likeness (QED) is 0.795. The fraction of sp³-hybridized carbons (Fsp3) is 0.429. The van der Waals surface area contributed by atoms with Gasteiger partial charge in [-0.25, -0.2) is 8.78 Å². The van der Waals surface area contributed by atoms with Crippen LogP contribution in [0.1, 0.15) is 30.0 Å². The van der Waals surface area contributed by atoms with Crippen molar-refractivity contribution >= 4 is 0 Å². The Morgan fingerprint density at radius 2 is 1.92 bits per heavy atom. The maximum absolute atomic E-state index is 13.6. The standard InChI is InChI=1S/C21H26F2N2O/c1-25-12-11-20(21(25)16-8-10-18(22)19(23)13-16)24-14-17(26)9-7-15-5-3-2-4-6-15/h2-6,8,10,13,17,20-21,24,26H,7,9,11-12,14H2,1H3/t17-,20-,21-/m0/s1.